The van der Waals surface area contributed by atoms with Gasteiger partial charge in [-0.25, -0.2) is 0 Å². The summed E-state index contributed by atoms with van der Waals surface area (Å²) in [6.45, 7) is 1.97. The lowest BCUT2D eigenvalue weighted by Crippen LogP contribution is -1.97. The molecule has 0 aromatic heterocycles. The van der Waals surface area contributed by atoms with E-state index in [0.717, 1.165) is 28.1 Å². The minimum absolute atomic E-state index is 0.712. The Balaban J connectivity index is 2.63. The largest absolute Gasteiger partial charge is 0.398 e. The number of benzene rings is 2. The first-order valence-corrected chi connectivity index (χ1v) is 5.38. The zero-order valence-electron chi connectivity index (χ0n) is 9.00. The molecule has 0 saturated heterocycles. The first-order valence-electron chi connectivity index (χ1n) is 5.00. The maximum Gasteiger partial charge on any atom is 0.0406 e. The van der Waals surface area contributed by atoms with E-state index in [1.54, 1.807) is 0 Å². The van der Waals surface area contributed by atoms with Gasteiger partial charge in [-0.2, -0.15) is 0 Å². The van der Waals surface area contributed by atoms with Gasteiger partial charge in [-0.3, -0.25) is 0 Å². The highest BCUT2D eigenvalue weighted by Crippen LogP contribution is 2.33. The third-order valence-electron chi connectivity index (χ3n) is 2.67. The molecule has 0 spiro atoms. The number of halogens is 1. The number of anilines is 2. The zero-order chi connectivity index (χ0) is 11.7. The number of nitrogen functional groups attached to an aromatic ring is 2. The van der Waals surface area contributed by atoms with Gasteiger partial charge in [0.25, 0.3) is 0 Å². The average Bonchev–Trinajstić information content (AvgIpc) is 2.27. The minimum atomic E-state index is 0.712. The van der Waals surface area contributed by atoms with Crippen molar-refractivity contribution in [1.29, 1.82) is 0 Å². The van der Waals surface area contributed by atoms with Crippen molar-refractivity contribution in [2.75, 3.05) is 11.5 Å². The Bertz CT molecular complexity index is 518. The molecule has 0 amide bonds. The smallest absolute Gasteiger partial charge is 0.0406 e. The van der Waals surface area contributed by atoms with Crippen LogP contribution in [-0.4, -0.2) is 0 Å². The summed E-state index contributed by atoms with van der Waals surface area (Å²) < 4.78 is 0. The van der Waals surface area contributed by atoms with Crippen molar-refractivity contribution in [3.8, 4) is 11.1 Å². The molecule has 0 unspecified atom stereocenters. The second-order valence-corrected chi connectivity index (χ2v) is 4.19. The Labute approximate surface area is 99.8 Å². The van der Waals surface area contributed by atoms with Crippen LogP contribution < -0.4 is 11.5 Å². The predicted molar refractivity (Wildman–Crippen MR) is 70.4 cm³/mol. The van der Waals surface area contributed by atoms with Crippen molar-refractivity contribution < 1.29 is 0 Å². The van der Waals surface area contributed by atoms with Crippen LogP contribution in [0.2, 0.25) is 5.02 Å². The molecule has 2 aromatic carbocycles. The van der Waals surface area contributed by atoms with Crippen LogP contribution in [0, 0.1) is 6.92 Å². The van der Waals surface area contributed by atoms with E-state index in [1.807, 2.05) is 43.3 Å². The van der Waals surface area contributed by atoms with E-state index in [9.17, 15) is 0 Å². The number of hydrogen-bond donors (Lipinski definition) is 2. The van der Waals surface area contributed by atoms with Gasteiger partial charge in [-0.15, -0.1) is 0 Å². The molecule has 0 aliphatic carbocycles. The molecule has 0 bridgehead atoms. The summed E-state index contributed by atoms with van der Waals surface area (Å²) in [6, 6.07) is 11.2. The molecule has 0 atom stereocenters. The maximum absolute atomic E-state index is 5.97. The van der Waals surface area contributed by atoms with Gasteiger partial charge >= 0.3 is 0 Å². The molecular weight excluding hydrogens is 220 g/mol. The third-order valence-corrected chi connectivity index (χ3v) is 2.92. The van der Waals surface area contributed by atoms with E-state index in [0.29, 0.717) is 5.02 Å². The van der Waals surface area contributed by atoms with Crippen molar-refractivity contribution in [3.05, 3.63) is 47.0 Å². The van der Waals surface area contributed by atoms with Crippen LogP contribution in [-0.2, 0) is 0 Å². The Morgan fingerprint density at radius 3 is 2.06 bits per heavy atom. The Morgan fingerprint density at radius 1 is 0.875 bits per heavy atom. The summed E-state index contributed by atoms with van der Waals surface area (Å²) in [5.74, 6) is 0. The molecule has 4 N–H and O–H groups in total. The molecule has 2 aromatic rings. The molecule has 0 aliphatic heterocycles. The van der Waals surface area contributed by atoms with Crippen molar-refractivity contribution in [2.24, 2.45) is 0 Å². The lowest BCUT2D eigenvalue weighted by Gasteiger charge is -2.12. The fourth-order valence-corrected chi connectivity index (χ4v) is 1.87. The number of nitrogens with two attached hydrogens (primary N) is 2. The first kappa shape index (κ1) is 10.8. The molecule has 2 nitrogen and oxygen atoms in total. The molecule has 0 saturated carbocycles. The Hall–Kier alpha value is -1.67. The molecule has 16 heavy (non-hydrogen) atoms. The van der Waals surface area contributed by atoms with Crippen LogP contribution >= 0.6 is 11.6 Å². The normalized spacial score (nSPS) is 10.4. The van der Waals surface area contributed by atoms with E-state index in [-0.39, 0.29) is 0 Å². The lowest BCUT2D eigenvalue weighted by atomic mass is 9.97. The van der Waals surface area contributed by atoms with Gasteiger partial charge in [0.1, 0.15) is 0 Å². The fourth-order valence-electron chi connectivity index (χ4n) is 1.75. The van der Waals surface area contributed by atoms with Gasteiger partial charge in [0.2, 0.25) is 0 Å². The molecule has 3 heteroatoms. The second kappa shape index (κ2) is 4.06. The predicted octanol–water partition coefficient (Wildman–Crippen LogP) is 3.48. The Morgan fingerprint density at radius 2 is 1.44 bits per heavy atom. The van der Waals surface area contributed by atoms with Crippen LogP contribution in [0.4, 0.5) is 11.4 Å². The summed E-state index contributed by atoms with van der Waals surface area (Å²) in [4.78, 5) is 0. The molecule has 0 aliphatic rings. The van der Waals surface area contributed by atoms with Crippen molar-refractivity contribution in [3.63, 3.8) is 0 Å². The van der Waals surface area contributed by atoms with E-state index in [1.165, 1.54) is 0 Å². The quantitative estimate of drug-likeness (QED) is 0.740. The topological polar surface area (TPSA) is 52.0 Å². The standard InChI is InChI=1S/C13H13ClN2/c1-8-11(15)6-7-12(16)13(8)9-2-4-10(14)5-3-9/h2-7H,15-16H2,1H3. The van der Waals surface area contributed by atoms with E-state index >= 15 is 0 Å². The molecule has 0 heterocycles. The highest BCUT2D eigenvalue weighted by molar-refractivity contribution is 6.30. The summed E-state index contributed by atoms with van der Waals surface area (Å²) in [5, 5.41) is 0.712. The van der Waals surface area contributed by atoms with Crippen molar-refractivity contribution >= 4 is 23.0 Å². The highest BCUT2D eigenvalue weighted by Gasteiger charge is 2.08. The first-order chi connectivity index (χ1) is 7.59. The zero-order valence-corrected chi connectivity index (χ0v) is 9.75. The summed E-state index contributed by atoms with van der Waals surface area (Å²) >= 11 is 5.85. The van der Waals surface area contributed by atoms with Crippen LogP contribution in [0.15, 0.2) is 36.4 Å². The monoisotopic (exact) mass is 232 g/mol. The number of rotatable bonds is 1. The van der Waals surface area contributed by atoms with Crippen molar-refractivity contribution in [2.45, 2.75) is 6.92 Å². The second-order valence-electron chi connectivity index (χ2n) is 3.75. The van der Waals surface area contributed by atoms with Crippen molar-refractivity contribution in [1.82, 2.24) is 0 Å². The molecule has 0 fully saturated rings. The highest BCUT2D eigenvalue weighted by atomic mass is 35.5. The number of hydrogen-bond acceptors (Lipinski definition) is 2. The van der Waals surface area contributed by atoms with Gasteiger partial charge in [0, 0.05) is 22.0 Å². The SMILES string of the molecule is Cc1c(N)ccc(N)c1-c1ccc(Cl)cc1. The lowest BCUT2D eigenvalue weighted by molar-refractivity contribution is 1.46. The fraction of sp³-hybridized carbons (Fsp3) is 0.0769. The third kappa shape index (κ3) is 1.84. The molecule has 82 valence electrons. The van der Waals surface area contributed by atoms with E-state index in [2.05, 4.69) is 0 Å². The van der Waals surface area contributed by atoms with Gasteiger partial charge in [0.15, 0.2) is 0 Å². The van der Waals surface area contributed by atoms with Gasteiger partial charge in [-0.05, 0) is 42.3 Å². The minimum Gasteiger partial charge on any atom is -0.398 e. The maximum atomic E-state index is 5.97. The van der Waals surface area contributed by atoms with Gasteiger partial charge < -0.3 is 11.5 Å². The van der Waals surface area contributed by atoms with Crippen LogP contribution in [0.5, 0.6) is 0 Å². The molecular formula is C13H13ClN2. The van der Waals surface area contributed by atoms with Crippen LogP contribution in [0.1, 0.15) is 5.56 Å². The average molecular weight is 233 g/mol. The van der Waals surface area contributed by atoms with Gasteiger partial charge in [0.05, 0.1) is 0 Å². The summed E-state index contributed by atoms with van der Waals surface area (Å²) in [7, 11) is 0. The Kier molecular flexibility index (Phi) is 2.75. The molecule has 0 radical (unpaired) electrons. The summed E-state index contributed by atoms with van der Waals surface area (Å²) in [5.41, 5.74) is 16.3. The summed E-state index contributed by atoms with van der Waals surface area (Å²) in [6.07, 6.45) is 0. The van der Waals surface area contributed by atoms with E-state index < -0.39 is 0 Å². The van der Waals surface area contributed by atoms with E-state index in [4.69, 9.17) is 23.1 Å². The van der Waals surface area contributed by atoms with Gasteiger partial charge in [-0.1, -0.05) is 23.7 Å². The van der Waals surface area contributed by atoms with Crippen LogP contribution in [0.25, 0.3) is 11.1 Å². The van der Waals surface area contributed by atoms with Crippen LogP contribution in [0.3, 0.4) is 0 Å². The molecule has 2 rings (SSSR count).